The lowest BCUT2D eigenvalue weighted by atomic mass is 10.3. The summed E-state index contributed by atoms with van der Waals surface area (Å²) in [5.74, 6) is 0.859. The number of aliphatic hydroxyl groups excluding tert-OH is 1. The van der Waals surface area contributed by atoms with E-state index in [-0.39, 0.29) is 6.61 Å². The molecular weight excluding hydrogens is 210 g/mol. The van der Waals surface area contributed by atoms with Crippen LogP contribution in [0.1, 0.15) is 11.3 Å². The first kappa shape index (κ1) is 10.3. The first-order chi connectivity index (χ1) is 7.31. The number of nitrogens with zero attached hydrogens (tertiary/aromatic N) is 2. The Morgan fingerprint density at radius 3 is 3.13 bits per heavy atom. The molecule has 0 amide bonds. The minimum atomic E-state index is 0.198. The van der Waals surface area contributed by atoms with E-state index in [0.717, 1.165) is 29.0 Å². The van der Waals surface area contributed by atoms with E-state index in [1.165, 1.54) is 4.88 Å². The monoisotopic (exact) mass is 223 g/mol. The van der Waals surface area contributed by atoms with Crippen LogP contribution >= 0.6 is 11.3 Å². The molecule has 0 saturated carbocycles. The first-order valence-electron chi connectivity index (χ1n) is 4.87. The molecule has 4 nitrogen and oxygen atoms in total. The van der Waals surface area contributed by atoms with Gasteiger partial charge in [-0.05, 0) is 19.4 Å². The highest BCUT2D eigenvalue weighted by atomic mass is 32.1. The number of aryl methyl sites for hydroxylation is 1. The van der Waals surface area contributed by atoms with Crippen LogP contribution in [0.3, 0.4) is 0 Å². The second-order valence-electron chi connectivity index (χ2n) is 3.30. The maximum atomic E-state index is 8.69. The van der Waals surface area contributed by atoms with Crippen molar-refractivity contribution < 1.29 is 5.11 Å². The molecule has 0 bridgehead atoms. The number of aromatic nitrogens is 2. The van der Waals surface area contributed by atoms with E-state index in [2.05, 4.69) is 28.3 Å². The van der Waals surface area contributed by atoms with Crippen LogP contribution in [0.25, 0.3) is 10.2 Å². The molecule has 15 heavy (non-hydrogen) atoms. The van der Waals surface area contributed by atoms with Crippen molar-refractivity contribution >= 4 is 27.4 Å². The predicted molar refractivity (Wildman–Crippen MR) is 62.3 cm³/mol. The van der Waals surface area contributed by atoms with Crippen molar-refractivity contribution in [3.8, 4) is 0 Å². The van der Waals surface area contributed by atoms with Gasteiger partial charge in [0.15, 0.2) is 0 Å². The Balaban J connectivity index is 2.25. The lowest BCUT2D eigenvalue weighted by Crippen LogP contribution is -2.05. The maximum absolute atomic E-state index is 8.69. The number of nitrogens with one attached hydrogen (secondary N) is 1. The number of fused-ring (bicyclic) bond motifs is 1. The van der Waals surface area contributed by atoms with Gasteiger partial charge >= 0.3 is 0 Å². The van der Waals surface area contributed by atoms with Gasteiger partial charge in [-0.1, -0.05) is 0 Å². The summed E-state index contributed by atoms with van der Waals surface area (Å²) >= 11 is 1.67. The number of aliphatic hydroxyl groups is 1. The molecule has 2 rings (SSSR count). The molecule has 0 saturated heterocycles. The molecule has 0 aliphatic carbocycles. The standard InChI is InChI=1S/C10H13N3OS/c1-7-5-8-9(11-3-2-4-14)12-6-13-10(8)15-7/h5-6,14H,2-4H2,1H3,(H,11,12,13). The quantitative estimate of drug-likeness (QED) is 0.776. The summed E-state index contributed by atoms with van der Waals surface area (Å²) in [6.45, 7) is 2.99. The van der Waals surface area contributed by atoms with Gasteiger partial charge in [-0.2, -0.15) is 0 Å². The summed E-state index contributed by atoms with van der Waals surface area (Å²) in [4.78, 5) is 10.6. The Kier molecular flexibility index (Phi) is 3.13. The Morgan fingerprint density at radius 1 is 1.47 bits per heavy atom. The highest BCUT2D eigenvalue weighted by molar-refractivity contribution is 7.18. The van der Waals surface area contributed by atoms with Crippen molar-refractivity contribution in [2.45, 2.75) is 13.3 Å². The van der Waals surface area contributed by atoms with Crippen LogP contribution < -0.4 is 5.32 Å². The molecule has 2 aromatic heterocycles. The van der Waals surface area contributed by atoms with Crippen LogP contribution in [-0.4, -0.2) is 28.2 Å². The van der Waals surface area contributed by atoms with Gasteiger partial charge in [-0.3, -0.25) is 0 Å². The molecule has 2 aromatic rings. The van der Waals surface area contributed by atoms with Crippen molar-refractivity contribution in [3.63, 3.8) is 0 Å². The highest BCUT2D eigenvalue weighted by Gasteiger charge is 2.05. The summed E-state index contributed by atoms with van der Waals surface area (Å²) in [7, 11) is 0. The lowest BCUT2D eigenvalue weighted by molar-refractivity contribution is 0.292. The van der Waals surface area contributed by atoms with E-state index in [0.29, 0.717) is 0 Å². The number of thiophene rings is 1. The van der Waals surface area contributed by atoms with Crippen LogP contribution in [0.4, 0.5) is 5.82 Å². The summed E-state index contributed by atoms with van der Waals surface area (Å²) in [5.41, 5.74) is 0. The van der Waals surface area contributed by atoms with Crippen molar-refractivity contribution in [2.75, 3.05) is 18.5 Å². The van der Waals surface area contributed by atoms with Crippen molar-refractivity contribution in [1.82, 2.24) is 9.97 Å². The molecule has 0 atom stereocenters. The van der Waals surface area contributed by atoms with Gasteiger partial charge in [0, 0.05) is 18.0 Å². The molecule has 0 aliphatic rings. The fourth-order valence-electron chi connectivity index (χ4n) is 1.40. The molecule has 0 unspecified atom stereocenters. The van der Waals surface area contributed by atoms with E-state index >= 15 is 0 Å². The summed E-state index contributed by atoms with van der Waals surface area (Å²) < 4.78 is 0. The fourth-order valence-corrected chi connectivity index (χ4v) is 2.25. The largest absolute Gasteiger partial charge is 0.396 e. The third kappa shape index (κ3) is 2.24. The number of hydrogen-bond donors (Lipinski definition) is 2. The van der Waals surface area contributed by atoms with Gasteiger partial charge in [-0.25, -0.2) is 9.97 Å². The Labute approximate surface area is 92.0 Å². The molecule has 0 aromatic carbocycles. The normalized spacial score (nSPS) is 10.8. The van der Waals surface area contributed by atoms with Crippen molar-refractivity contribution in [3.05, 3.63) is 17.3 Å². The first-order valence-corrected chi connectivity index (χ1v) is 5.69. The molecule has 80 valence electrons. The van der Waals surface area contributed by atoms with E-state index < -0.39 is 0 Å². The van der Waals surface area contributed by atoms with Gasteiger partial charge in [0.1, 0.15) is 17.0 Å². The zero-order valence-corrected chi connectivity index (χ0v) is 9.34. The van der Waals surface area contributed by atoms with E-state index in [1.807, 2.05) is 0 Å². The Bertz CT molecular complexity index is 455. The summed E-state index contributed by atoms with van der Waals surface area (Å²) in [5, 5.41) is 13.0. The molecular formula is C10H13N3OS. The molecule has 5 heteroatoms. The minimum absolute atomic E-state index is 0.198. The highest BCUT2D eigenvalue weighted by Crippen LogP contribution is 2.27. The number of hydrogen-bond acceptors (Lipinski definition) is 5. The molecule has 0 radical (unpaired) electrons. The van der Waals surface area contributed by atoms with E-state index in [9.17, 15) is 0 Å². The van der Waals surface area contributed by atoms with Crippen molar-refractivity contribution in [2.24, 2.45) is 0 Å². The smallest absolute Gasteiger partial charge is 0.138 e. The fraction of sp³-hybridized carbons (Fsp3) is 0.400. The summed E-state index contributed by atoms with van der Waals surface area (Å²) in [6.07, 6.45) is 2.30. The third-order valence-electron chi connectivity index (χ3n) is 2.08. The zero-order valence-electron chi connectivity index (χ0n) is 8.53. The van der Waals surface area contributed by atoms with Gasteiger partial charge in [-0.15, -0.1) is 11.3 Å². The van der Waals surface area contributed by atoms with Crippen molar-refractivity contribution in [1.29, 1.82) is 0 Å². The SMILES string of the molecule is Cc1cc2c(NCCCO)ncnc2s1. The van der Waals surface area contributed by atoms with Crippen LogP contribution in [0.15, 0.2) is 12.4 Å². The van der Waals surface area contributed by atoms with Crippen LogP contribution in [0.2, 0.25) is 0 Å². The molecule has 2 heterocycles. The van der Waals surface area contributed by atoms with E-state index in [1.54, 1.807) is 17.7 Å². The average Bonchev–Trinajstić information content (AvgIpc) is 2.59. The van der Waals surface area contributed by atoms with Crippen LogP contribution in [0.5, 0.6) is 0 Å². The Morgan fingerprint density at radius 2 is 2.33 bits per heavy atom. The van der Waals surface area contributed by atoms with Crippen LogP contribution in [0, 0.1) is 6.92 Å². The lowest BCUT2D eigenvalue weighted by Gasteiger charge is -2.04. The Hall–Kier alpha value is -1.20. The molecule has 0 spiro atoms. The molecule has 2 N–H and O–H groups in total. The van der Waals surface area contributed by atoms with Gasteiger partial charge in [0.2, 0.25) is 0 Å². The van der Waals surface area contributed by atoms with Gasteiger partial charge < -0.3 is 10.4 Å². The van der Waals surface area contributed by atoms with Gasteiger partial charge in [0.05, 0.1) is 5.39 Å². The van der Waals surface area contributed by atoms with Gasteiger partial charge in [0.25, 0.3) is 0 Å². The number of rotatable bonds is 4. The summed E-state index contributed by atoms with van der Waals surface area (Å²) in [6, 6.07) is 2.08. The second kappa shape index (κ2) is 4.55. The van der Waals surface area contributed by atoms with Crippen LogP contribution in [-0.2, 0) is 0 Å². The average molecular weight is 223 g/mol. The molecule has 0 aliphatic heterocycles. The maximum Gasteiger partial charge on any atom is 0.138 e. The molecule has 0 fully saturated rings. The minimum Gasteiger partial charge on any atom is -0.396 e. The predicted octanol–water partition coefficient (Wildman–Crippen LogP) is 1.79. The topological polar surface area (TPSA) is 58.0 Å². The zero-order chi connectivity index (χ0) is 10.7. The number of anilines is 1. The van der Waals surface area contributed by atoms with E-state index in [4.69, 9.17) is 5.11 Å². The third-order valence-corrected chi connectivity index (χ3v) is 3.04. The second-order valence-corrected chi connectivity index (χ2v) is 4.54.